The number of aliphatic carboxylic acids is 1. The molecular weight excluding hydrogens is 360 g/mol. The molecule has 0 aliphatic carbocycles. The summed E-state index contributed by atoms with van der Waals surface area (Å²) in [6.07, 6.45) is 0.463. The summed E-state index contributed by atoms with van der Waals surface area (Å²) in [6.45, 7) is 5.04. The average molecular weight is 386 g/mol. The first kappa shape index (κ1) is 22.1. The average Bonchev–Trinajstić information content (AvgIpc) is 2.59. The summed E-state index contributed by atoms with van der Waals surface area (Å²) >= 11 is 0. The lowest BCUT2D eigenvalue weighted by Crippen LogP contribution is -2.46. The van der Waals surface area contributed by atoms with Gasteiger partial charge in [-0.3, -0.25) is 4.79 Å². The van der Waals surface area contributed by atoms with Crippen LogP contribution in [0.1, 0.15) is 32.8 Å². The SMILES string of the molecule is CCN(CC)S(=O)(=O)c1ccc(CCC(=O)NCC(C)(O)C(=O)O)cc1. The van der Waals surface area contributed by atoms with Crippen LogP contribution in [0.5, 0.6) is 0 Å². The van der Waals surface area contributed by atoms with Crippen LogP contribution in [-0.2, 0) is 26.0 Å². The van der Waals surface area contributed by atoms with Crippen LogP contribution in [0.2, 0.25) is 0 Å². The lowest BCUT2D eigenvalue weighted by Gasteiger charge is -2.19. The molecule has 0 saturated heterocycles. The Bertz CT molecular complexity index is 724. The second-order valence-corrected chi connectivity index (χ2v) is 8.03. The monoisotopic (exact) mass is 386 g/mol. The van der Waals surface area contributed by atoms with E-state index in [9.17, 15) is 23.1 Å². The number of rotatable bonds is 10. The Morgan fingerprint density at radius 2 is 1.69 bits per heavy atom. The van der Waals surface area contributed by atoms with E-state index in [1.807, 2.05) is 0 Å². The molecule has 8 nitrogen and oxygen atoms in total. The lowest BCUT2D eigenvalue weighted by molar-refractivity contribution is -0.156. The topological polar surface area (TPSA) is 124 Å². The largest absolute Gasteiger partial charge is 0.479 e. The Labute approximate surface area is 153 Å². The molecule has 0 spiro atoms. The van der Waals surface area contributed by atoms with Crippen molar-refractivity contribution in [2.45, 2.75) is 44.1 Å². The fourth-order valence-corrected chi connectivity index (χ4v) is 3.69. The maximum atomic E-state index is 12.4. The lowest BCUT2D eigenvalue weighted by atomic mass is 10.1. The second-order valence-electron chi connectivity index (χ2n) is 6.09. The summed E-state index contributed by atoms with van der Waals surface area (Å²) in [5.74, 6) is -1.81. The van der Waals surface area contributed by atoms with Crippen molar-refractivity contribution < 1.29 is 28.2 Å². The van der Waals surface area contributed by atoms with E-state index in [4.69, 9.17) is 5.11 Å². The molecule has 1 unspecified atom stereocenters. The molecule has 0 aromatic heterocycles. The number of amides is 1. The quantitative estimate of drug-likeness (QED) is 0.541. The van der Waals surface area contributed by atoms with Crippen molar-refractivity contribution in [3.8, 4) is 0 Å². The van der Waals surface area contributed by atoms with Gasteiger partial charge in [0.1, 0.15) is 0 Å². The summed E-state index contributed by atoms with van der Waals surface area (Å²) in [7, 11) is -3.51. The van der Waals surface area contributed by atoms with Crippen molar-refractivity contribution in [3.63, 3.8) is 0 Å². The maximum absolute atomic E-state index is 12.4. The first-order valence-electron chi connectivity index (χ1n) is 8.36. The first-order valence-corrected chi connectivity index (χ1v) is 9.80. The van der Waals surface area contributed by atoms with Crippen LogP contribution in [-0.4, -0.2) is 60.0 Å². The highest BCUT2D eigenvalue weighted by Gasteiger charge is 2.30. The Morgan fingerprint density at radius 3 is 2.15 bits per heavy atom. The van der Waals surface area contributed by atoms with Crippen molar-refractivity contribution >= 4 is 21.9 Å². The third-order valence-corrected chi connectivity index (χ3v) is 6.06. The molecule has 0 radical (unpaired) electrons. The van der Waals surface area contributed by atoms with Gasteiger partial charge in [0.25, 0.3) is 0 Å². The summed E-state index contributed by atoms with van der Waals surface area (Å²) in [4.78, 5) is 22.7. The molecule has 3 N–H and O–H groups in total. The highest BCUT2D eigenvalue weighted by Crippen LogP contribution is 2.16. The van der Waals surface area contributed by atoms with E-state index in [2.05, 4.69) is 5.32 Å². The van der Waals surface area contributed by atoms with Crippen molar-refractivity contribution in [2.24, 2.45) is 0 Å². The van der Waals surface area contributed by atoms with Gasteiger partial charge >= 0.3 is 5.97 Å². The standard InChI is InChI=1S/C17H26N2O6S/c1-4-19(5-2)26(24,25)14-9-6-13(7-10-14)8-11-15(20)18-12-17(3,23)16(21)22/h6-7,9-10,23H,4-5,8,11-12H2,1-3H3,(H,18,20)(H,21,22). The fraction of sp³-hybridized carbons (Fsp3) is 0.529. The molecule has 26 heavy (non-hydrogen) atoms. The number of aliphatic hydroxyl groups is 1. The molecule has 1 aromatic carbocycles. The number of carboxylic acids is 1. The summed E-state index contributed by atoms with van der Waals surface area (Å²) in [5.41, 5.74) is -1.24. The Balaban J connectivity index is 2.63. The molecule has 1 aromatic rings. The van der Waals surface area contributed by atoms with Gasteiger partial charge in [0.15, 0.2) is 5.60 Å². The number of carbonyl (C=O) groups is 2. The number of aryl methyl sites for hydroxylation is 1. The van der Waals surface area contributed by atoms with E-state index in [0.29, 0.717) is 19.5 Å². The van der Waals surface area contributed by atoms with Gasteiger partial charge in [0, 0.05) is 19.5 Å². The number of hydrogen-bond donors (Lipinski definition) is 3. The van der Waals surface area contributed by atoms with Gasteiger partial charge < -0.3 is 15.5 Å². The molecule has 1 rings (SSSR count). The molecule has 0 bridgehead atoms. The van der Waals surface area contributed by atoms with Crippen LogP contribution >= 0.6 is 0 Å². The summed E-state index contributed by atoms with van der Waals surface area (Å²) < 4.78 is 26.2. The Hall–Kier alpha value is -1.97. The third kappa shape index (κ3) is 5.79. The molecular formula is C17H26N2O6S. The number of sulfonamides is 1. The van der Waals surface area contributed by atoms with E-state index in [1.54, 1.807) is 26.0 Å². The molecule has 146 valence electrons. The number of benzene rings is 1. The highest BCUT2D eigenvalue weighted by molar-refractivity contribution is 7.89. The van der Waals surface area contributed by atoms with E-state index < -0.39 is 27.5 Å². The highest BCUT2D eigenvalue weighted by atomic mass is 32.2. The number of nitrogens with one attached hydrogen (secondary N) is 1. The van der Waals surface area contributed by atoms with E-state index in [-0.39, 0.29) is 17.9 Å². The molecule has 0 aliphatic heterocycles. The van der Waals surface area contributed by atoms with Gasteiger partial charge in [-0.15, -0.1) is 0 Å². The minimum absolute atomic E-state index is 0.0951. The second kappa shape index (κ2) is 9.11. The van der Waals surface area contributed by atoms with Gasteiger partial charge in [-0.25, -0.2) is 13.2 Å². The van der Waals surface area contributed by atoms with Crippen LogP contribution < -0.4 is 5.32 Å². The molecule has 1 amide bonds. The van der Waals surface area contributed by atoms with E-state index >= 15 is 0 Å². The van der Waals surface area contributed by atoms with Gasteiger partial charge in [-0.1, -0.05) is 26.0 Å². The molecule has 9 heteroatoms. The van der Waals surface area contributed by atoms with Crippen LogP contribution in [0.25, 0.3) is 0 Å². The van der Waals surface area contributed by atoms with Crippen molar-refractivity contribution in [1.29, 1.82) is 0 Å². The maximum Gasteiger partial charge on any atom is 0.337 e. The molecule has 0 aliphatic rings. The predicted octanol–water partition coefficient (Wildman–Crippen LogP) is 0.602. The molecule has 1 atom stereocenters. The number of carboxylic acid groups (broad SMARTS) is 1. The smallest absolute Gasteiger partial charge is 0.337 e. The van der Waals surface area contributed by atoms with E-state index in [0.717, 1.165) is 12.5 Å². The fourth-order valence-electron chi connectivity index (χ4n) is 2.23. The molecule has 0 saturated carbocycles. The van der Waals surface area contributed by atoms with E-state index in [1.165, 1.54) is 16.4 Å². The summed E-state index contributed by atoms with van der Waals surface area (Å²) in [6, 6.07) is 6.32. The van der Waals surface area contributed by atoms with Crippen molar-refractivity contribution in [2.75, 3.05) is 19.6 Å². The Kier molecular flexibility index (Phi) is 7.73. The number of hydrogen-bond acceptors (Lipinski definition) is 5. The third-order valence-electron chi connectivity index (χ3n) is 4.00. The van der Waals surface area contributed by atoms with Crippen molar-refractivity contribution in [1.82, 2.24) is 9.62 Å². The van der Waals surface area contributed by atoms with Crippen LogP contribution in [0.3, 0.4) is 0 Å². The minimum Gasteiger partial charge on any atom is -0.479 e. The first-order chi connectivity index (χ1) is 12.0. The normalized spacial score (nSPS) is 14.0. The number of nitrogens with zero attached hydrogens (tertiary/aromatic N) is 1. The van der Waals surface area contributed by atoms with Crippen LogP contribution in [0, 0.1) is 0 Å². The molecule has 0 heterocycles. The minimum atomic E-state index is -3.51. The number of carbonyl (C=O) groups excluding carboxylic acids is 1. The zero-order chi connectivity index (χ0) is 20.0. The van der Waals surface area contributed by atoms with Gasteiger partial charge in [-0.2, -0.15) is 4.31 Å². The van der Waals surface area contributed by atoms with Crippen LogP contribution in [0.4, 0.5) is 0 Å². The zero-order valence-electron chi connectivity index (χ0n) is 15.2. The van der Waals surface area contributed by atoms with Crippen LogP contribution in [0.15, 0.2) is 29.2 Å². The Morgan fingerprint density at radius 1 is 1.15 bits per heavy atom. The predicted molar refractivity (Wildman–Crippen MR) is 96.1 cm³/mol. The van der Waals surface area contributed by atoms with Gasteiger partial charge in [0.2, 0.25) is 15.9 Å². The van der Waals surface area contributed by atoms with Crippen molar-refractivity contribution in [3.05, 3.63) is 29.8 Å². The van der Waals surface area contributed by atoms with Gasteiger partial charge in [0.05, 0.1) is 11.4 Å². The summed E-state index contributed by atoms with van der Waals surface area (Å²) in [5, 5.41) is 20.7. The zero-order valence-corrected chi connectivity index (χ0v) is 16.0. The van der Waals surface area contributed by atoms with Gasteiger partial charge in [-0.05, 0) is 31.0 Å². The molecule has 0 fully saturated rings.